The Morgan fingerprint density at radius 2 is 1.80 bits per heavy atom. The average molecular weight is 570 g/mol. The second kappa shape index (κ2) is 12.6. The Balaban J connectivity index is 1.34. The van der Waals surface area contributed by atoms with Gasteiger partial charge in [-0.25, -0.2) is 17.8 Å². The molecule has 0 bridgehead atoms. The Kier molecular flexibility index (Phi) is 9.43. The summed E-state index contributed by atoms with van der Waals surface area (Å²) in [6, 6.07) is 14.4. The Morgan fingerprint density at radius 3 is 2.48 bits per heavy atom. The highest BCUT2D eigenvalue weighted by atomic mass is 32.2. The van der Waals surface area contributed by atoms with E-state index in [1.807, 2.05) is 4.90 Å². The van der Waals surface area contributed by atoms with Gasteiger partial charge in [0, 0.05) is 57.6 Å². The molecular weight excluding hydrogens is 529 g/mol. The number of imidazole rings is 1. The van der Waals surface area contributed by atoms with Crippen LogP contribution in [0.3, 0.4) is 0 Å². The molecule has 1 N–H and O–H groups in total. The van der Waals surface area contributed by atoms with Crippen LogP contribution in [0.15, 0.2) is 61.1 Å². The van der Waals surface area contributed by atoms with E-state index in [4.69, 9.17) is 0 Å². The third kappa shape index (κ3) is 7.77. The summed E-state index contributed by atoms with van der Waals surface area (Å²) >= 11 is 0. The molecule has 3 aromatic rings. The summed E-state index contributed by atoms with van der Waals surface area (Å²) < 4.78 is 42.3. The number of rotatable bonds is 10. The molecule has 0 saturated carbocycles. The fraction of sp³-hybridized carbons (Fsp3) is 0.467. The molecular formula is C30H40FN5O3S. The van der Waals surface area contributed by atoms with E-state index in [0.717, 1.165) is 17.5 Å². The van der Waals surface area contributed by atoms with Gasteiger partial charge in [-0.05, 0) is 34.6 Å². The molecule has 2 aromatic carbocycles. The lowest BCUT2D eigenvalue weighted by Crippen LogP contribution is -2.60. The number of hydrogen-bond donors (Lipinski definition) is 1. The van der Waals surface area contributed by atoms with Gasteiger partial charge in [0.25, 0.3) is 0 Å². The highest BCUT2D eigenvalue weighted by Crippen LogP contribution is 2.22. The predicted molar refractivity (Wildman–Crippen MR) is 155 cm³/mol. The van der Waals surface area contributed by atoms with Crippen molar-refractivity contribution >= 4 is 15.9 Å². The minimum Gasteiger partial charge on any atom is -0.354 e. The third-order valence-electron chi connectivity index (χ3n) is 7.45. The largest absolute Gasteiger partial charge is 0.354 e. The van der Waals surface area contributed by atoms with Gasteiger partial charge in [-0.15, -0.1) is 0 Å². The van der Waals surface area contributed by atoms with Gasteiger partial charge < -0.3 is 9.88 Å². The SMILES string of the molecule is CC(C)(C)c1ccc(Cn2cncc2CCNC(=O)C2CN(CCc3ccccc3F)CCN2S(C)(=O)=O)cc1. The number of nitrogens with one attached hydrogen (secondary N) is 1. The number of carbonyl (C=O) groups is 1. The number of halogens is 1. The molecule has 8 nitrogen and oxygen atoms in total. The van der Waals surface area contributed by atoms with Crippen LogP contribution in [0.2, 0.25) is 0 Å². The number of benzene rings is 2. The van der Waals surface area contributed by atoms with Crippen LogP contribution < -0.4 is 5.32 Å². The van der Waals surface area contributed by atoms with E-state index >= 15 is 0 Å². The zero-order chi connectivity index (χ0) is 28.9. The minimum absolute atomic E-state index is 0.0960. The quantitative estimate of drug-likeness (QED) is 0.405. The molecule has 1 amide bonds. The summed E-state index contributed by atoms with van der Waals surface area (Å²) in [6.45, 7) is 9.11. The molecule has 1 aliphatic heterocycles. The van der Waals surface area contributed by atoms with Gasteiger partial charge in [0.05, 0.1) is 12.6 Å². The van der Waals surface area contributed by atoms with E-state index in [1.54, 1.807) is 30.7 Å². The summed E-state index contributed by atoms with van der Waals surface area (Å²) in [5, 5.41) is 2.94. The summed E-state index contributed by atoms with van der Waals surface area (Å²) in [7, 11) is -3.57. The van der Waals surface area contributed by atoms with Crippen molar-refractivity contribution < 1.29 is 17.6 Å². The van der Waals surface area contributed by atoms with Crippen LogP contribution in [0.5, 0.6) is 0 Å². The fourth-order valence-electron chi connectivity index (χ4n) is 5.05. The lowest BCUT2D eigenvalue weighted by Gasteiger charge is -2.39. The van der Waals surface area contributed by atoms with E-state index in [0.29, 0.717) is 44.6 Å². The maximum atomic E-state index is 14.1. The second-order valence-electron chi connectivity index (χ2n) is 11.5. The highest BCUT2D eigenvalue weighted by molar-refractivity contribution is 7.88. The van der Waals surface area contributed by atoms with Crippen molar-refractivity contribution in [1.82, 2.24) is 24.1 Å². The van der Waals surface area contributed by atoms with Crippen LogP contribution in [0, 0.1) is 5.82 Å². The van der Waals surface area contributed by atoms with Crippen LogP contribution >= 0.6 is 0 Å². The minimum atomic E-state index is -3.57. The van der Waals surface area contributed by atoms with Crippen molar-refractivity contribution in [2.45, 2.75) is 51.6 Å². The number of amides is 1. The number of hydrogen-bond acceptors (Lipinski definition) is 5. The maximum absolute atomic E-state index is 14.1. The Hall–Kier alpha value is -3.08. The van der Waals surface area contributed by atoms with Crippen LogP contribution in [0.4, 0.5) is 4.39 Å². The second-order valence-corrected chi connectivity index (χ2v) is 13.5. The van der Waals surface area contributed by atoms with Gasteiger partial charge in [-0.3, -0.25) is 9.69 Å². The summed E-state index contributed by atoms with van der Waals surface area (Å²) in [5.74, 6) is -0.586. The molecule has 10 heteroatoms. The highest BCUT2D eigenvalue weighted by Gasteiger charge is 2.37. The van der Waals surface area contributed by atoms with Crippen LogP contribution in [-0.2, 0) is 39.6 Å². The first kappa shape index (κ1) is 29.9. The summed E-state index contributed by atoms with van der Waals surface area (Å²) in [4.78, 5) is 19.5. The molecule has 0 spiro atoms. The Bertz CT molecular complexity index is 1400. The van der Waals surface area contributed by atoms with Gasteiger partial charge in [0.1, 0.15) is 11.9 Å². The predicted octanol–water partition coefficient (Wildman–Crippen LogP) is 3.22. The topological polar surface area (TPSA) is 87.5 Å². The first-order valence-electron chi connectivity index (χ1n) is 13.7. The lowest BCUT2D eigenvalue weighted by molar-refractivity contribution is -0.126. The molecule has 0 aliphatic carbocycles. The van der Waals surface area contributed by atoms with Crippen molar-refractivity contribution in [3.63, 3.8) is 0 Å². The van der Waals surface area contributed by atoms with Gasteiger partial charge >= 0.3 is 0 Å². The molecule has 216 valence electrons. The molecule has 4 rings (SSSR count). The maximum Gasteiger partial charge on any atom is 0.239 e. The first-order chi connectivity index (χ1) is 18.9. The summed E-state index contributed by atoms with van der Waals surface area (Å²) in [6.07, 6.45) is 5.77. The molecule has 0 radical (unpaired) electrons. The summed E-state index contributed by atoms with van der Waals surface area (Å²) in [5.41, 5.74) is 4.13. The molecule has 2 heterocycles. The van der Waals surface area contributed by atoms with Crippen molar-refractivity contribution in [3.8, 4) is 0 Å². The molecule has 1 aliphatic rings. The number of nitrogens with zero attached hydrogens (tertiary/aromatic N) is 4. The molecule has 40 heavy (non-hydrogen) atoms. The Morgan fingerprint density at radius 1 is 1.07 bits per heavy atom. The van der Waals surface area contributed by atoms with Gasteiger partial charge in [0.2, 0.25) is 15.9 Å². The van der Waals surface area contributed by atoms with Gasteiger partial charge in [-0.1, -0.05) is 63.2 Å². The number of aromatic nitrogens is 2. The third-order valence-corrected chi connectivity index (χ3v) is 8.74. The van der Waals surface area contributed by atoms with Gasteiger partial charge in [0.15, 0.2) is 0 Å². The van der Waals surface area contributed by atoms with Crippen molar-refractivity contribution in [2.75, 3.05) is 39.0 Å². The lowest BCUT2D eigenvalue weighted by atomic mass is 9.87. The van der Waals surface area contributed by atoms with E-state index in [2.05, 4.69) is 59.9 Å². The van der Waals surface area contributed by atoms with Crippen molar-refractivity contribution in [3.05, 3.63) is 89.3 Å². The van der Waals surface area contributed by atoms with Gasteiger partial charge in [-0.2, -0.15) is 4.31 Å². The van der Waals surface area contributed by atoms with Crippen molar-refractivity contribution in [1.29, 1.82) is 0 Å². The van der Waals surface area contributed by atoms with Crippen LogP contribution in [0.1, 0.15) is 43.2 Å². The van der Waals surface area contributed by atoms with E-state index in [9.17, 15) is 17.6 Å². The zero-order valence-corrected chi connectivity index (χ0v) is 24.6. The monoisotopic (exact) mass is 569 g/mol. The molecule has 1 atom stereocenters. The smallest absolute Gasteiger partial charge is 0.239 e. The van der Waals surface area contributed by atoms with Crippen LogP contribution in [-0.4, -0.2) is 78.1 Å². The molecule has 1 aromatic heterocycles. The molecule has 1 unspecified atom stereocenters. The number of piperazine rings is 1. The zero-order valence-electron chi connectivity index (χ0n) is 23.8. The average Bonchev–Trinajstić information content (AvgIpc) is 3.34. The Labute approximate surface area is 237 Å². The normalized spacial score (nSPS) is 17.2. The number of sulfonamides is 1. The van der Waals surface area contributed by atoms with Crippen LogP contribution in [0.25, 0.3) is 0 Å². The standard InChI is InChI=1S/C30H40FN5O3S/c1-30(2,3)25-11-9-23(10-12-25)20-35-22-32-19-26(35)13-15-33-29(37)28-21-34(17-18-36(28)40(4,38)39)16-14-24-7-5-6-8-27(24)31/h5-12,19,22,28H,13-18,20-21H2,1-4H3,(H,33,37). The first-order valence-corrected chi connectivity index (χ1v) is 15.6. The van der Waals surface area contributed by atoms with E-state index < -0.39 is 16.1 Å². The number of carbonyl (C=O) groups excluding carboxylic acids is 1. The van der Waals surface area contributed by atoms with E-state index in [-0.39, 0.29) is 30.2 Å². The molecule has 1 saturated heterocycles. The van der Waals surface area contributed by atoms with Crippen molar-refractivity contribution in [2.24, 2.45) is 0 Å². The van der Waals surface area contributed by atoms with E-state index in [1.165, 1.54) is 15.9 Å². The fourth-order valence-corrected chi connectivity index (χ4v) is 6.09. The molecule has 1 fully saturated rings.